The van der Waals surface area contributed by atoms with Crippen LogP contribution in [0.25, 0.3) is 0 Å². The fourth-order valence-electron chi connectivity index (χ4n) is 5.74. The maximum absolute atomic E-state index is 7.71. The van der Waals surface area contributed by atoms with Gasteiger partial charge in [-0.05, 0) is 99.7 Å². The highest BCUT2D eigenvalue weighted by Crippen LogP contribution is 2.31. The Kier molecular flexibility index (Phi) is 11.0. The van der Waals surface area contributed by atoms with Gasteiger partial charge in [0.25, 0.3) is 8.32 Å². The zero-order valence-corrected chi connectivity index (χ0v) is 33.2. The van der Waals surface area contributed by atoms with Gasteiger partial charge in [0.1, 0.15) is 0 Å². The van der Waals surface area contributed by atoms with Gasteiger partial charge in [0, 0.05) is 0 Å². The Labute approximate surface area is 256 Å². The third-order valence-corrected chi connectivity index (χ3v) is 29.0. The molecule has 0 amide bonds. The fraction of sp³-hybridized carbons (Fsp3) is 0.419. The van der Waals surface area contributed by atoms with Crippen molar-refractivity contribution in [1.29, 1.82) is 0 Å². The van der Waals surface area contributed by atoms with Crippen molar-refractivity contribution in [3.63, 3.8) is 0 Å². The summed E-state index contributed by atoms with van der Waals surface area (Å²) in [6.07, 6.45) is 0. The lowest BCUT2D eigenvalue weighted by Gasteiger charge is -2.43. The van der Waals surface area contributed by atoms with Crippen molar-refractivity contribution in [2.45, 2.75) is 84.1 Å². The molecule has 1 atom stereocenters. The Morgan fingerprint density at radius 3 is 1.12 bits per heavy atom. The van der Waals surface area contributed by atoms with Crippen molar-refractivity contribution in [2.75, 3.05) is 0 Å². The lowest BCUT2D eigenvalue weighted by molar-refractivity contribution is 0.324. The SMILES string of the molecule is C[Si](C)(C)O[Si](C)(C)O[Si](C)(CC[Si](C)(C)O[Si](c1ccccc1)(c1ccccc1)c1ccccc1)O[Si](C)(C)C. The van der Waals surface area contributed by atoms with E-state index in [1.165, 1.54) is 15.6 Å². The Bertz CT molecular complexity index is 1130. The smallest absolute Gasteiger partial charge is 0.315 e. The molecule has 41 heavy (non-hydrogen) atoms. The van der Waals surface area contributed by atoms with E-state index in [1.54, 1.807) is 0 Å². The third-order valence-electron chi connectivity index (χ3n) is 6.69. The van der Waals surface area contributed by atoms with Crippen LogP contribution < -0.4 is 15.6 Å². The Balaban J connectivity index is 2.02. The van der Waals surface area contributed by atoms with E-state index < -0.39 is 50.4 Å². The zero-order chi connectivity index (χ0) is 30.6. The molecule has 3 rings (SSSR count). The van der Waals surface area contributed by atoms with E-state index in [2.05, 4.69) is 163 Å². The van der Waals surface area contributed by atoms with Crippen LogP contribution in [0.5, 0.6) is 0 Å². The van der Waals surface area contributed by atoms with E-state index in [-0.39, 0.29) is 0 Å². The molecule has 0 aliphatic carbocycles. The van der Waals surface area contributed by atoms with E-state index in [9.17, 15) is 0 Å². The Hall–Kier alpha value is -1.20. The van der Waals surface area contributed by atoms with Crippen LogP contribution in [-0.4, -0.2) is 50.4 Å². The molecule has 224 valence electrons. The van der Waals surface area contributed by atoms with Gasteiger partial charge in [0.15, 0.2) is 25.0 Å². The molecule has 3 aromatic rings. The first-order chi connectivity index (χ1) is 18.9. The second-order valence-corrected chi connectivity index (χ2v) is 38.6. The molecule has 1 unspecified atom stereocenters. The minimum Gasteiger partial charge on any atom is -0.446 e. The average molecular weight is 657 g/mol. The standard InChI is InChI=1S/C31H52O4Si6/c1-36(2,3)32-39(9,10)35-40(11,33-37(4,5)6)28-27-38(7,8)34-41(29-21-15-12-16-22-29,30-23-17-13-18-24-30)31-25-19-14-20-26-31/h12-26H,27-28H2,1-11H3. The van der Waals surface area contributed by atoms with Crippen LogP contribution in [0.4, 0.5) is 0 Å². The average Bonchev–Trinajstić information content (AvgIpc) is 2.85. The highest BCUT2D eigenvalue weighted by molar-refractivity contribution is 7.10. The van der Waals surface area contributed by atoms with Crippen molar-refractivity contribution < 1.29 is 16.5 Å². The first-order valence-corrected chi connectivity index (χ1v) is 32.0. The van der Waals surface area contributed by atoms with E-state index in [1.807, 2.05) is 0 Å². The summed E-state index contributed by atoms with van der Waals surface area (Å²) in [6.45, 7) is 25.0. The second kappa shape index (κ2) is 13.2. The molecule has 0 spiro atoms. The Morgan fingerprint density at radius 2 is 0.780 bits per heavy atom. The van der Waals surface area contributed by atoms with Crippen molar-refractivity contribution in [2.24, 2.45) is 0 Å². The third kappa shape index (κ3) is 10.2. The molecule has 10 heteroatoms. The summed E-state index contributed by atoms with van der Waals surface area (Å²) in [4.78, 5) is 0. The molecule has 0 aliphatic heterocycles. The second-order valence-electron chi connectivity index (χ2n) is 14.2. The highest BCUT2D eigenvalue weighted by Gasteiger charge is 2.49. The quantitative estimate of drug-likeness (QED) is 0.134. The van der Waals surface area contributed by atoms with Crippen LogP contribution in [0.15, 0.2) is 91.0 Å². The van der Waals surface area contributed by atoms with E-state index in [0.717, 1.165) is 12.1 Å². The number of benzene rings is 3. The highest BCUT2D eigenvalue weighted by atomic mass is 28.5. The van der Waals surface area contributed by atoms with Crippen LogP contribution >= 0.6 is 0 Å². The van der Waals surface area contributed by atoms with Crippen LogP contribution in [0.2, 0.25) is 84.1 Å². The van der Waals surface area contributed by atoms with Gasteiger partial charge >= 0.3 is 17.1 Å². The predicted octanol–water partition coefficient (Wildman–Crippen LogP) is 7.37. The van der Waals surface area contributed by atoms with Crippen molar-refractivity contribution in [1.82, 2.24) is 0 Å². The van der Waals surface area contributed by atoms with Gasteiger partial charge in [0.05, 0.1) is 0 Å². The molecular weight excluding hydrogens is 605 g/mol. The first-order valence-electron chi connectivity index (χ1n) is 14.8. The summed E-state index contributed by atoms with van der Waals surface area (Å²) in [5.41, 5.74) is 0. The van der Waals surface area contributed by atoms with E-state index in [0.29, 0.717) is 0 Å². The fourth-order valence-corrected chi connectivity index (χ4v) is 35.2. The molecule has 4 nitrogen and oxygen atoms in total. The van der Waals surface area contributed by atoms with Crippen LogP contribution in [0, 0.1) is 0 Å². The minimum absolute atomic E-state index is 0.908. The molecule has 0 radical (unpaired) electrons. The molecular formula is C31H52O4Si6. The molecule has 0 saturated carbocycles. The normalized spacial score (nSPS) is 15.0. The van der Waals surface area contributed by atoms with Gasteiger partial charge in [-0.25, -0.2) is 0 Å². The molecule has 3 aromatic carbocycles. The van der Waals surface area contributed by atoms with Gasteiger partial charge < -0.3 is 16.5 Å². The lowest BCUT2D eigenvalue weighted by atomic mass is 10.3. The van der Waals surface area contributed by atoms with E-state index >= 15 is 0 Å². The van der Waals surface area contributed by atoms with Gasteiger partial charge in [0.2, 0.25) is 0 Å². The number of rotatable bonds is 14. The minimum atomic E-state index is -2.79. The number of hydrogen-bond donors (Lipinski definition) is 0. The molecule has 0 saturated heterocycles. The van der Waals surface area contributed by atoms with Gasteiger partial charge in [-0.15, -0.1) is 0 Å². The first kappa shape index (κ1) is 34.3. The topological polar surface area (TPSA) is 36.9 Å². The molecule has 0 N–H and O–H groups in total. The molecule has 0 fully saturated rings. The largest absolute Gasteiger partial charge is 0.446 e. The number of hydrogen-bond acceptors (Lipinski definition) is 4. The summed E-state index contributed by atoms with van der Waals surface area (Å²) >= 11 is 0. The molecule has 0 aromatic heterocycles. The van der Waals surface area contributed by atoms with Crippen LogP contribution in [0.1, 0.15) is 0 Å². The summed E-state index contributed by atoms with van der Waals surface area (Å²) < 4.78 is 28.3. The van der Waals surface area contributed by atoms with Crippen LogP contribution in [-0.2, 0) is 16.5 Å². The molecule has 0 heterocycles. The van der Waals surface area contributed by atoms with Crippen molar-refractivity contribution in [3.8, 4) is 0 Å². The monoisotopic (exact) mass is 656 g/mol. The summed E-state index contributed by atoms with van der Waals surface area (Å²) in [7, 11) is -13.6. The lowest BCUT2D eigenvalue weighted by Crippen LogP contribution is -2.72. The summed E-state index contributed by atoms with van der Waals surface area (Å²) in [5.74, 6) is 0. The van der Waals surface area contributed by atoms with E-state index in [4.69, 9.17) is 16.5 Å². The molecule has 0 aliphatic rings. The van der Waals surface area contributed by atoms with Crippen molar-refractivity contribution >= 4 is 66.0 Å². The summed E-state index contributed by atoms with van der Waals surface area (Å²) in [5, 5.41) is 3.85. The van der Waals surface area contributed by atoms with Gasteiger partial charge in [-0.2, -0.15) is 0 Å². The molecule has 0 bridgehead atoms. The summed E-state index contributed by atoms with van der Waals surface area (Å²) in [6, 6.07) is 34.6. The van der Waals surface area contributed by atoms with Crippen LogP contribution in [0.3, 0.4) is 0 Å². The maximum atomic E-state index is 7.71. The van der Waals surface area contributed by atoms with Gasteiger partial charge in [-0.1, -0.05) is 91.0 Å². The maximum Gasteiger partial charge on any atom is 0.315 e. The predicted molar refractivity (Wildman–Crippen MR) is 191 cm³/mol. The Morgan fingerprint density at radius 1 is 0.415 bits per heavy atom. The zero-order valence-electron chi connectivity index (χ0n) is 27.2. The van der Waals surface area contributed by atoms with Gasteiger partial charge in [-0.3, -0.25) is 0 Å². The van der Waals surface area contributed by atoms with Crippen molar-refractivity contribution in [3.05, 3.63) is 91.0 Å².